The third-order valence-corrected chi connectivity index (χ3v) is 3.83. The minimum absolute atomic E-state index is 0.320. The molecule has 0 bridgehead atoms. The SMILES string of the molecule is COc1ccc(C(Cl)c2cccc(C)c2)c(OC)c1OC. The van der Waals surface area contributed by atoms with Crippen molar-refractivity contribution in [3.63, 3.8) is 0 Å². The Morgan fingerprint density at radius 3 is 2.19 bits per heavy atom. The first-order valence-corrected chi connectivity index (χ1v) is 7.05. The zero-order chi connectivity index (χ0) is 15.4. The second kappa shape index (κ2) is 6.72. The summed E-state index contributed by atoms with van der Waals surface area (Å²) in [6, 6.07) is 11.8. The Hall–Kier alpha value is -1.87. The van der Waals surface area contributed by atoms with Crippen molar-refractivity contribution in [1.29, 1.82) is 0 Å². The van der Waals surface area contributed by atoms with Gasteiger partial charge in [0, 0.05) is 5.56 Å². The fourth-order valence-corrected chi connectivity index (χ4v) is 2.64. The highest BCUT2D eigenvalue weighted by molar-refractivity contribution is 6.22. The molecule has 1 unspecified atom stereocenters. The van der Waals surface area contributed by atoms with E-state index in [1.807, 2.05) is 37.3 Å². The number of rotatable bonds is 5. The van der Waals surface area contributed by atoms with Crippen molar-refractivity contribution in [2.45, 2.75) is 12.3 Å². The van der Waals surface area contributed by atoms with Gasteiger partial charge in [-0.3, -0.25) is 0 Å². The van der Waals surface area contributed by atoms with Gasteiger partial charge in [0.15, 0.2) is 11.5 Å². The lowest BCUT2D eigenvalue weighted by atomic mass is 10.0. The maximum atomic E-state index is 6.64. The minimum Gasteiger partial charge on any atom is -0.493 e. The van der Waals surface area contributed by atoms with E-state index in [4.69, 9.17) is 25.8 Å². The zero-order valence-corrected chi connectivity index (χ0v) is 13.4. The molecule has 0 spiro atoms. The quantitative estimate of drug-likeness (QED) is 0.769. The lowest BCUT2D eigenvalue weighted by Crippen LogP contribution is -2.02. The summed E-state index contributed by atoms with van der Waals surface area (Å²) in [6.45, 7) is 2.04. The fraction of sp³-hybridized carbons (Fsp3) is 0.294. The summed E-state index contributed by atoms with van der Waals surface area (Å²) in [6.07, 6.45) is 0. The molecule has 0 heterocycles. The molecule has 3 nitrogen and oxygen atoms in total. The van der Waals surface area contributed by atoms with Crippen LogP contribution in [0, 0.1) is 6.92 Å². The van der Waals surface area contributed by atoms with Gasteiger partial charge < -0.3 is 14.2 Å². The van der Waals surface area contributed by atoms with Crippen LogP contribution in [0.15, 0.2) is 36.4 Å². The van der Waals surface area contributed by atoms with Crippen molar-refractivity contribution >= 4 is 11.6 Å². The highest BCUT2D eigenvalue weighted by Gasteiger charge is 2.22. The summed E-state index contributed by atoms with van der Waals surface area (Å²) in [4.78, 5) is 0. The Kier molecular flexibility index (Phi) is 4.97. The van der Waals surface area contributed by atoms with Crippen LogP contribution in [0.2, 0.25) is 0 Å². The van der Waals surface area contributed by atoms with E-state index in [2.05, 4.69) is 6.07 Å². The molecule has 0 amide bonds. The Balaban J connectivity index is 2.53. The summed E-state index contributed by atoms with van der Waals surface area (Å²) < 4.78 is 16.2. The maximum Gasteiger partial charge on any atom is 0.203 e. The van der Waals surface area contributed by atoms with Crippen molar-refractivity contribution in [2.24, 2.45) is 0 Å². The number of aryl methyl sites for hydroxylation is 1. The van der Waals surface area contributed by atoms with E-state index in [9.17, 15) is 0 Å². The summed E-state index contributed by atoms with van der Waals surface area (Å²) >= 11 is 6.64. The zero-order valence-electron chi connectivity index (χ0n) is 12.6. The Labute approximate surface area is 130 Å². The van der Waals surface area contributed by atoms with Crippen LogP contribution < -0.4 is 14.2 Å². The maximum absolute atomic E-state index is 6.64. The second-order valence-corrected chi connectivity index (χ2v) is 5.14. The minimum atomic E-state index is -0.320. The van der Waals surface area contributed by atoms with Crippen molar-refractivity contribution < 1.29 is 14.2 Å². The van der Waals surface area contributed by atoms with Gasteiger partial charge in [-0.15, -0.1) is 11.6 Å². The van der Waals surface area contributed by atoms with Crippen LogP contribution in [-0.2, 0) is 0 Å². The number of hydrogen-bond acceptors (Lipinski definition) is 3. The first-order valence-electron chi connectivity index (χ1n) is 6.61. The van der Waals surface area contributed by atoms with Gasteiger partial charge in [0.25, 0.3) is 0 Å². The van der Waals surface area contributed by atoms with Gasteiger partial charge in [-0.25, -0.2) is 0 Å². The van der Waals surface area contributed by atoms with E-state index in [1.54, 1.807) is 21.3 Å². The predicted molar refractivity (Wildman–Crippen MR) is 85.0 cm³/mol. The van der Waals surface area contributed by atoms with Crippen LogP contribution in [0.5, 0.6) is 17.2 Å². The van der Waals surface area contributed by atoms with Crippen LogP contribution >= 0.6 is 11.6 Å². The predicted octanol–water partition coefficient (Wildman–Crippen LogP) is 4.35. The molecular weight excluding hydrogens is 288 g/mol. The summed E-state index contributed by atoms with van der Waals surface area (Å²) in [5.41, 5.74) is 3.03. The lowest BCUT2D eigenvalue weighted by Gasteiger charge is -2.19. The van der Waals surface area contributed by atoms with Crippen molar-refractivity contribution in [1.82, 2.24) is 0 Å². The van der Waals surface area contributed by atoms with E-state index in [-0.39, 0.29) is 5.38 Å². The molecule has 2 rings (SSSR count). The molecule has 112 valence electrons. The molecule has 2 aromatic carbocycles. The monoisotopic (exact) mass is 306 g/mol. The molecule has 0 aliphatic carbocycles. The summed E-state index contributed by atoms with van der Waals surface area (Å²) in [7, 11) is 4.77. The van der Waals surface area contributed by atoms with E-state index >= 15 is 0 Å². The van der Waals surface area contributed by atoms with Gasteiger partial charge in [0.2, 0.25) is 5.75 Å². The van der Waals surface area contributed by atoms with E-state index in [0.717, 1.165) is 16.7 Å². The Morgan fingerprint density at radius 2 is 1.62 bits per heavy atom. The van der Waals surface area contributed by atoms with E-state index in [1.165, 1.54) is 0 Å². The van der Waals surface area contributed by atoms with Crippen molar-refractivity contribution in [3.05, 3.63) is 53.1 Å². The highest BCUT2D eigenvalue weighted by atomic mass is 35.5. The standard InChI is InChI=1S/C17H19ClO3/c1-11-6-5-7-12(10-11)15(18)13-8-9-14(19-2)17(21-4)16(13)20-3/h5-10,15H,1-4H3. The fourth-order valence-electron chi connectivity index (χ4n) is 2.33. The number of ether oxygens (including phenoxy) is 3. The van der Waals surface area contributed by atoms with Gasteiger partial charge in [-0.05, 0) is 24.6 Å². The Bertz CT molecular complexity index is 625. The average molecular weight is 307 g/mol. The van der Waals surface area contributed by atoms with E-state index < -0.39 is 0 Å². The van der Waals surface area contributed by atoms with Gasteiger partial charge in [-0.1, -0.05) is 29.8 Å². The molecule has 1 atom stereocenters. The molecule has 0 aliphatic rings. The molecule has 0 saturated heterocycles. The molecule has 4 heteroatoms. The molecule has 0 radical (unpaired) electrons. The summed E-state index contributed by atoms with van der Waals surface area (Å²) in [5.74, 6) is 1.76. The molecule has 0 N–H and O–H groups in total. The number of benzene rings is 2. The van der Waals surface area contributed by atoms with Crippen LogP contribution in [0.4, 0.5) is 0 Å². The van der Waals surface area contributed by atoms with Gasteiger partial charge in [0.1, 0.15) is 0 Å². The number of hydrogen-bond donors (Lipinski definition) is 0. The Morgan fingerprint density at radius 1 is 0.905 bits per heavy atom. The average Bonchev–Trinajstić information content (AvgIpc) is 2.52. The molecule has 0 aromatic heterocycles. The number of alkyl halides is 1. The molecule has 21 heavy (non-hydrogen) atoms. The highest BCUT2D eigenvalue weighted by Crippen LogP contribution is 2.45. The van der Waals surface area contributed by atoms with E-state index in [0.29, 0.717) is 17.2 Å². The molecule has 0 aliphatic heterocycles. The van der Waals surface area contributed by atoms with Crippen LogP contribution in [0.1, 0.15) is 22.1 Å². The van der Waals surface area contributed by atoms with Crippen molar-refractivity contribution in [3.8, 4) is 17.2 Å². The second-order valence-electron chi connectivity index (χ2n) is 4.70. The van der Waals surface area contributed by atoms with Gasteiger partial charge in [0.05, 0.1) is 26.7 Å². The van der Waals surface area contributed by atoms with Crippen molar-refractivity contribution in [2.75, 3.05) is 21.3 Å². The normalized spacial score (nSPS) is 11.9. The first kappa shape index (κ1) is 15.5. The van der Waals surface area contributed by atoms with Gasteiger partial charge >= 0.3 is 0 Å². The topological polar surface area (TPSA) is 27.7 Å². The van der Waals surface area contributed by atoms with Gasteiger partial charge in [-0.2, -0.15) is 0 Å². The first-order chi connectivity index (χ1) is 10.1. The number of halogens is 1. The molecular formula is C17H19ClO3. The smallest absolute Gasteiger partial charge is 0.203 e. The third kappa shape index (κ3) is 3.08. The molecule has 0 fully saturated rings. The molecule has 0 saturated carbocycles. The number of methoxy groups -OCH3 is 3. The van der Waals surface area contributed by atoms with Crippen LogP contribution in [0.25, 0.3) is 0 Å². The third-order valence-electron chi connectivity index (χ3n) is 3.34. The van der Waals surface area contributed by atoms with Crippen LogP contribution in [0.3, 0.4) is 0 Å². The summed E-state index contributed by atoms with van der Waals surface area (Å²) in [5, 5.41) is -0.320. The largest absolute Gasteiger partial charge is 0.493 e. The molecule has 2 aromatic rings. The lowest BCUT2D eigenvalue weighted by molar-refractivity contribution is 0.322. The van der Waals surface area contributed by atoms with Crippen LogP contribution in [-0.4, -0.2) is 21.3 Å².